The lowest BCUT2D eigenvalue weighted by Crippen LogP contribution is -2.31. The number of anilines is 1. The second-order valence-corrected chi connectivity index (χ2v) is 9.07. The first-order valence-electron chi connectivity index (χ1n) is 12.0. The third-order valence-electron chi connectivity index (χ3n) is 6.69. The number of fused-ring (bicyclic) bond motifs is 1. The number of ether oxygens (including phenoxy) is 1. The number of hydrogen-bond donors (Lipinski definition) is 1. The molecule has 0 fully saturated rings. The van der Waals surface area contributed by atoms with Crippen LogP contribution in [0.25, 0.3) is 0 Å². The average molecular weight is 526 g/mol. The van der Waals surface area contributed by atoms with Crippen molar-refractivity contribution in [1.82, 2.24) is 5.43 Å². The molecule has 0 bridgehead atoms. The molecule has 38 heavy (non-hydrogen) atoms. The predicted molar refractivity (Wildman–Crippen MR) is 139 cm³/mol. The first-order valence-corrected chi connectivity index (χ1v) is 12.0. The lowest BCUT2D eigenvalue weighted by molar-refractivity contribution is -0.138. The fourth-order valence-corrected chi connectivity index (χ4v) is 4.91. The molecule has 0 aromatic heterocycles. The molecule has 1 atom stereocenters. The monoisotopic (exact) mass is 525 g/mol. The van der Waals surface area contributed by atoms with E-state index in [1.54, 1.807) is 48.5 Å². The summed E-state index contributed by atoms with van der Waals surface area (Å²) in [5, 5.41) is 4.03. The Kier molecular flexibility index (Phi) is 7.57. The molecule has 1 unspecified atom stereocenters. The van der Waals surface area contributed by atoms with E-state index >= 15 is 0 Å². The maximum absolute atomic E-state index is 14.2. The van der Waals surface area contributed by atoms with Crippen LogP contribution in [-0.4, -0.2) is 25.8 Å². The Morgan fingerprint density at radius 2 is 1.84 bits per heavy atom. The third kappa shape index (κ3) is 5.27. The van der Waals surface area contributed by atoms with Gasteiger partial charge in [0.1, 0.15) is 11.6 Å². The van der Waals surface area contributed by atoms with Gasteiger partial charge < -0.3 is 9.64 Å². The normalized spacial score (nSPS) is 18.2. The highest BCUT2D eigenvalue weighted by Crippen LogP contribution is 2.51. The van der Waals surface area contributed by atoms with Crippen LogP contribution in [0.5, 0.6) is 5.75 Å². The van der Waals surface area contributed by atoms with Gasteiger partial charge in [-0.25, -0.2) is 9.82 Å². The summed E-state index contributed by atoms with van der Waals surface area (Å²) in [6.07, 6.45) is -1.72. The summed E-state index contributed by atoms with van der Waals surface area (Å²) in [4.78, 5) is 14.3. The van der Waals surface area contributed by atoms with E-state index in [2.05, 4.69) is 10.5 Å². The number of nitrogens with zero attached hydrogens (tertiary/aromatic N) is 2. The number of hydrazone groups is 1. The molecule has 0 saturated heterocycles. The Bertz CT molecular complexity index is 1390. The summed E-state index contributed by atoms with van der Waals surface area (Å²) in [6.45, 7) is 4.25. The van der Waals surface area contributed by atoms with Crippen molar-refractivity contribution >= 4 is 17.8 Å². The van der Waals surface area contributed by atoms with E-state index in [9.17, 15) is 22.4 Å². The van der Waals surface area contributed by atoms with Crippen molar-refractivity contribution in [1.29, 1.82) is 0 Å². The van der Waals surface area contributed by atoms with Crippen LogP contribution in [0.3, 0.4) is 0 Å². The summed E-state index contributed by atoms with van der Waals surface area (Å²) >= 11 is 0. The van der Waals surface area contributed by atoms with Crippen LogP contribution in [0.15, 0.2) is 83.6 Å². The molecule has 1 N–H and O–H groups in total. The van der Waals surface area contributed by atoms with Crippen LogP contribution in [0.2, 0.25) is 0 Å². The van der Waals surface area contributed by atoms with Gasteiger partial charge in [-0.05, 0) is 86.0 Å². The van der Waals surface area contributed by atoms with E-state index in [-0.39, 0.29) is 12.0 Å². The first kappa shape index (κ1) is 26.9. The number of carbonyl (C=O) groups is 1. The predicted octanol–water partition coefficient (Wildman–Crippen LogP) is 6.49. The molecule has 5 nitrogen and oxygen atoms in total. The molecule has 3 aromatic rings. The van der Waals surface area contributed by atoms with E-state index in [0.29, 0.717) is 23.6 Å². The molecule has 1 aliphatic heterocycles. The smallest absolute Gasteiger partial charge is 0.416 e. The molecular weight excluding hydrogens is 498 g/mol. The number of likely N-dealkylation sites (N-methyl/N-ethyl adjacent to an activating group) is 1. The van der Waals surface area contributed by atoms with Crippen LogP contribution in [-0.2, 0) is 18.0 Å². The molecule has 198 valence electrons. The Labute approximate surface area is 218 Å². The van der Waals surface area contributed by atoms with Gasteiger partial charge in [-0.15, -0.1) is 0 Å². The molecule has 0 spiro atoms. The molecule has 0 saturated carbocycles. The quantitative estimate of drug-likeness (QED) is 0.218. The number of rotatable bonds is 7. The number of nitrogens with one attached hydrogen (secondary N) is 1. The standard InChI is InChI=1S/C29H27F4N3O2/c1-4-36-25-13-11-22(38-3)17-24(25)28(2,18-20-16-21(30)10-12-23(20)29(31,32)33)26(36)14-15-34-35-27(37)19-8-6-5-7-9-19/h5-17H,4,18H2,1-3H3,(H,35,37)/b26-14-,34-15+. The lowest BCUT2D eigenvalue weighted by Gasteiger charge is -2.31. The molecular formula is C29H27F4N3O2. The fraction of sp³-hybridized carbons (Fsp3) is 0.241. The summed E-state index contributed by atoms with van der Waals surface area (Å²) < 4.78 is 61.2. The van der Waals surface area contributed by atoms with E-state index in [4.69, 9.17) is 4.74 Å². The zero-order chi connectivity index (χ0) is 27.5. The topological polar surface area (TPSA) is 53.9 Å². The number of alkyl halides is 3. The van der Waals surface area contributed by atoms with Gasteiger partial charge in [0, 0.05) is 35.1 Å². The first-order chi connectivity index (χ1) is 18.1. The van der Waals surface area contributed by atoms with Gasteiger partial charge in [-0.2, -0.15) is 18.3 Å². The number of benzene rings is 3. The molecule has 3 aromatic carbocycles. The van der Waals surface area contributed by atoms with E-state index in [1.807, 2.05) is 24.8 Å². The second-order valence-electron chi connectivity index (χ2n) is 9.07. The summed E-state index contributed by atoms with van der Waals surface area (Å²) in [6, 6.07) is 16.5. The minimum atomic E-state index is -4.65. The molecule has 9 heteroatoms. The van der Waals surface area contributed by atoms with Crippen LogP contribution in [0, 0.1) is 5.82 Å². The van der Waals surface area contributed by atoms with Crippen LogP contribution in [0.1, 0.15) is 40.9 Å². The highest BCUT2D eigenvalue weighted by molar-refractivity contribution is 5.94. The summed E-state index contributed by atoms with van der Waals surface area (Å²) in [7, 11) is 1.51. The molecule has 1 aliphatic rings. The van der Waals surface area contributed by atoms with E-state index < -0.39 is 28.9 Å². The lowest BCUT2D eigenvalue weighted by atomic mass is 9.75. The second kappa shape index (κ2) is 10.7. The molecule has 0 aliphatic carbocycles. The number of hydrogen-bond acceptors (Lipinski definition) is 4. The van der Waals surface area contributed by atoms with Gasteiger partial charge in [0.25, 0.3) is 5.91 Å². The van der Waals surface area contributed by atoms with Crippen molar-refractivity contribution < 1.29 is 27.1 Å². The zero-order valence-electron chi connectivity index (χ0n) is 21.1. The molecule has 1 heterocycles. The van der Waals surface area contributed by atoms with Crippen LogP contribution < -0.4 is 15.1 Å². The third-order valence-corrected chi connectivity index (χ3v) is 6.69. The van der Waals surface area contributed by atoms with Gasteiger partial charge in [0.2, 0.25) is 0 Å². The maximum Gasteiger partial charge on any atom is 0.416 e. The highest BCUT2D eigenvalue weighted by Gasteiger charge is 2.45. The van der Waals surface area contributed by atoms with Crippen molar-refractivity contribution in [3.8, 4) is 5.75 Å². The summed E-state index contributed by atoms with van der Waals surface area (Å²) in [5.74, 6) is -0.598. The molecule has 4 rings (SSSR count). The van der Waals surface area contributed by atoms with Gasteiger partial charge in [-0.3, -0.25) is 4.79 Å². The zero-order valence-corrected chi connectivity index (χ0v) is 21.1. The minimum Gasteiger partial charge on any atom is -0.497 e. The fourth-order valence-electron chi connectivity index (χ4n) is 4.91. The van der Waals surface area contributed by atoms with Crippen LogP contribution in [0.4, 0.5) is 23.2 Å². The maximum atomic E-state index is 14.2. The summed E-state index contributed by atoms with van der Waals surface area (Å²) in [5.41, 5.74) is 3.04. The van der Waals surface area contributed by atoms with Crippen molar-refractivity contribution in [2.24, 2.45) is 5.10 Å². The highest BCUT2D eigenvalue weighted by atomic mass is 19.4. The van der Waals surface area contributed by atoms with Gasteiger partial charge in [0.15, 0.2) is 0 Å². The molecule has 1 amide bonds. The van der Waals surface area contributed by atoms with Crippen molar-refractivity contribution in [2.45, 2.75) is 31.9 Å². The Morgan fingerprint density at radius 3 is 2.50 bits per heavy atom. The number of carbonyl (C=O) groups excluding carboxylic acids is 1. The van der Waals surface area contributed by atoms with Gasteiger partial charge in [-0.1, -0.05) is 18.2 Å². The van der Waals surface area contributed by atoms with E-state index in [1.165, 1.54) is 13.3 Å². The van der Waals surface area contributed by atoms with Crippen LogP contribution >= 0.6 is 0 Å². The van der Waals surface area contributed by atoms with Crippen molar-refractivity contribution in [2.75, 3.05) is 18.6 Å². The number of allylic oxidation sites excluding steroid dienone is 2. The van der Waals surface area contributed by atoms with E-state index in [0.717, 1.165) is 29.4 Å². The average Bonchev–Trinajstić information content (AvgIpc) is 3.12. The Hall–Kier alpha value is -4.14. The Morgan fingerprint density at radius 1 is 1.11 bits per heavy atom. The molecule has 0 radical (unpaired) electrons. The van der Waals surface area contributed by atoms with Crippen molar-refractivity contribution in [3.05, 3.63) is 107 Å². The Balaban J connectivity index is 1.77. The van der Waals surface area contributed by atoms with Crippen molar-refractivity contribution in [3.63, 3.8) is 0 Å². The number of methoxy groups -OCH3 is 1. The van der Waals surface area contributed by atoms with Gasteiger partial charge >= 0.3 is 6.18 Å². The number of amides is 1. The van der Waals surface area contributed by atoms with Gasteiger partial charge in [0.05, 0.1) is 12.7 Å². The number of halogens is 4. The largest absolute Gasteiger partial charge is 0.497 e. The SMILES string of the molecule is CCN1/C(=C\C=N\NC(=O)c2ccccc2)C(C)(Cc2cc(F)ccc2C(F)(F)F)c2cc(OC)ccc21. The minimum absolute atomic E-state index is 0.133.